The highest BCUT2D eigenvalue weighted by atomic mass is 16.5. The van der Waals surface area contributed by atoms with Gasteiger partial charge in [-0.1, -0.05) is 24.6 Å². The molecule has 0 bridgehead atoms. The maximum atomic E-state index is 12.2. The topological polar surface area (TPSA) is 67.6 Å². The van der Waals surface area contributed by atoms with Gasteiger partial charge in [-0.25, -0.2) is 0 Å². The number of nitrogens with one attached hydrogen (secondary N) is 1. The summed E-state index contributed by atoms with van der Waals surface area (Å²) in [5.41, 5.74) is 6.52. The first-order chi connectivity index (χ1) is 11.1. The van der Waals surface area contributed by atoms with Gasteiger partial charge in [0.2, 0.25) is 5.91 Å². The van der Waals surface area contributed by atoms with Crippen molar-refractivity contribution in [3.8, 4) is 5.75 Å². The summed E-state index contributed by atoms with van der Waals surface area (Å²) in [7, 11) is 1.70. The van der Waals surface area contributed by atoms with Gasteiger partial charge in [-0.15, -0.1) is 0 Å². The fourth-order valence-electron chi connectivity index (χ4n) is 3.33. The van der Waals surface area contributed by atoms with Crippen LogP contribution in [0.1, 0.15) is 43.7 Å². The molecule has 5 nitrogen and oxygen atoms in total. The van der Waals surface area contributed by atoms with Gasteiger partial charge >= 0.3 is 0 Å². The predicted octanol–water partition coefficient (Wildman–Crippen LogP) is 1.83. The molecule has 1 aliphatic heterocycles. The number of benzene rings is 1. The van der Waals surface area contributed by atoms with E-state index in [-0.39, 0.29) is 11.9 Å². The minimum Gasteiger partial charge on any atom is -0.496 e. The Balaban J connectivity index is 1.76. The first kappa shape index (κ1) is 16.3. The highest BCUT2D eigenvalue weighted by molar-refractivity contribution is 5.89. The van der Waals surface area contributed by atoms with Gasteiger partial charge in [0.25, 0.3) is 0 Å². The number of hydrogen-bond donors (Lipinski definition) is 2. The van der Waals surface area contributed by atoms with Crippen molar-refractivity contribution in [2.75, 3.05) is 26.7 Å². The third-order valence-electron chi connectivity index (χ3n) is 5.03. The monoisotopic (exact) mass is 317 g/mol. The number of para-hydroxylation sites is 1. The van der Waals surface area contributed by atoms with Crippen LogP contribution in [0.2, 0.25) is 0 Å². The van der Waals surface area contributed by atoms with E-state index < -0.39 is 5.54 Å². The zero-order valence-corrected chi connectivity index (χ0v) is 13.9. The van der Waals surface area contributed by atoms with Crippen molar-refractivity contribution >= 4 is 5.91 Å². The van der Waals surface area contributed by atoms with E-state index in [0.29, 0.717) is 6.54 Å². The summed E-state index contributed by atoms with van der Waals surface area (Å²) in [5, 5.41) is 3.07. The highest BCUT2D eigenvalue weighted by Crippen LogP contribution is 2.34. The molecule has 1 atom stereocenters. The van der Waals surface area contributed by atoms with Crippen LogP contribution < -0.4 is 15.8 Å². The molecule has 1 aliphatic carbocycles. The van der Waals surface area contributed by atoms with Crippen molar-refractivity contribution in [3.05, 3.63) is 29.8 Å². The molecular formula is C18H27N3O2. The van der Waals surface area contributed by atoms with Crippen molar-refractivity contribution in [2.24, 2.45) is 5.73 Å². The quantitative estimate of drug-likeness (QED) is 0.840. The highest BCUT2D eigenvalue weighted by Gasteiger charge is 2.46. The van der Waals surface area contributed by atoms with Crippen LogP contribution in [0.5, 0.6) is 5.75 Å². The molecule has 1 aromatic carbocycles. The molecule has 1 aromatic rings. The number of hydrogen-bond acceptors (Lipinski definition) is 4. The van der Waals surface area contributed by atoms with E-state index in [9.17, 15) is 4.79 Å². The molecule has 0 radical (unpaired) electrons. The van der Waals surface area contributed by atoms with Crippen molar-refractivity contribution in [1.29, 1.82) is 0 Å². The van der Waals surface area contributed by atoms with Gasteiger partial charge in [0.15, 0.2) is 0 Å². The number of piperidine rings is 1. The van der Waals surface area contributed by atoms with Gasteiger partial charge in [0.05, 0.1) is 18.7 Å². The van der Waals surface area contributed by atoms with E-state index in [0.717, 1.165) is 37.2 Å². The normalized spacial score (nSPS) is 21.5. The van der Waals surface area contributed by atoms with E-state index in [1.165, 1.54) is 19.3 Å². The number of ether oxygens (including phenoxy) is 1. The summed E-state index contributed by atoms with van der Waals surface area (Å²) in [4.78, 5) is 14.7. The molecule has 2 aliphatic rings. The second-order valence-corrected chi connectivity index (χ2v) is 6.72. The zero-order valence-electron chi connectivity index (χ0n) is 13.9. The number of rotatable bonds is 6. The fraction of sp³-hybridized carbons (Fsp3) is 0.611. The van der Waals surface area contributed by atoms with Gasteiger partial charge in [-0.2, -0.15) is 0 Å². The lowest BCUT2D eigenvalue weighted by Crippen LogP contribution is -2.47. The molecule has 5 heteroatoms. The van der Waals surface area contributed by atoms with Crippen LogP contribution in [-0.2, 0) is 4.79 Å². The Bertz CT molecular complexity index is 551. The smallest absolute Gasteiger partial charge is 0.240 e. The van der Waals surface area contributed by atoms with E-state index in [1.54, 1.807) is 7.11 Å². The number of methoxy groups -OCH3 is 1. The van der Waals surface area contributed by atoms with E-state index in [1.807, 2.05) is 18.2 Å². The second-order valence-electron chi connectivity index (χ2n) is 6.72. The van der Waals surface area contributed by atoms with Crippen molar-refractivity contribution < 1.29 is 9.53 Å². The second kappa shape index (κ2) is 6.89. The maximum Gasteiger partial charge on any atom is 0.240 e. The lowest BCUT2D eigenvalue weighted by atomic mass is 10.0. The summed E-state index contributed by atoms with van der Waals surface area (Å²) in [6.45, 7) is 2.71. The van der Waals surface area contributed by atoms with E-state index in [4.69, 9.17) is 10.5 Å². The van der Waals surface area contributed by atoms with Crippen LogP contribution in [0.15, 0.2) is 24.3 Å². The van der Waals surface area contributed by atoms with Gasteiger partial charge in [0, 0.05) is 12.1 Å². The average molecular weight is 317 g/mol. The molecule has 3 rings (SSSR count). The summed E-state index contributed by atoms with van der Waals surface area (Å²) in [6.07, 6.45) is 5.29. The SMILES string of the molecule is COc1ccccc1C(CNC(=O)C1(N)CC1)N1CCCCC1. The molecule has 1 saturated carbocycles. The van der Waals surface area contributed by atoms with E-state index in [2.05, 4.69) is 16.3 Å². The molecule has 0 aromatic heterocycles. The lowest BCUT2D eigenvalue weighted by Gasteiger charge is -2.35. The van der Waals surface area contributed by atoms with Crippen molar-refractivity contribution in [1.82, 2.24) is 10.2 Å². The average Bonchev–Trinajstić information content (AvgIpc) is 3.35. The molecule has 2 fully saturated rings. The minimum absolute atomic E-state index is 0.0191. The van der Waals surface area contributed by atoms with E-state index >= 15 is 0 Å². The maximum absolute atomic E-state index is 12.2. The number of amides is 1. The Morgan fingerprint density at radius 3 is 2.65 bits per heavy atom. The molecule has 0 spiro atoms. The minimum atomic E-state index is -0.618. The van der Waals surface area contributed by atoms with Gasteiger partial charge in [-0.05, 0) is 44.8 Å². The van der Waals surface area contributed by atoms with Crippen LogP contribution in [-0.4, -0.2) is 43.1 Å². The number of carbonyl (C=O) groups is 1. The Kier molecular flexibility index (Phi) is 4.87. The Morgan fingerprint density at radius 2 is 2.00 bits per heavy atom. The first-order valence-electron chi connectivity index (χ1n) is 8.58. The van der Waals surface area contributed by atoms with Gasteiger partial charge in [-0.3, -0.25) is 9.69 Å². The number of nitrogens with two attached hydrogens (primary N) is 1. The van der Waals surface area contributed by atoms with Crippen molar-refractivity contribution in [3.63, 3.8) is 0 Å². The molecule has 126 valence electrons. The molecule has 1 heterocycles. The van der Waals surface area contributed by atoms with Crippen LogP contribution in [0, 0.1) is 0 Å². The lowest BCUT2D eigenvalue weighted by molar-refractivity contribution is -0.123. The third kappa shape index (κ3) is 3.67. The van der Waals surface area contributed by atoms with Crippen molar-refractivity contribution in [2.45, 2.75) is 43.7 Å². The molecule has 23 heavy (non-hydrogen) atoms. The standard InChI is InChI=1S/C18H27N3O2/c1-23-16-8-4-3-7-14(16)15(21-11-5-2-6-12-21)13-20-17(22)18(19)9-10-18/h3-4,7-8,15H,2,5-6,9-13,19H2,1H3,(H,20,22). The summed E-state index contributed by atoms with van der Waals surface area (Å²) < 4.78 is 5.54. The first-order valence-corrected chi connectivity index (χ1v) is 8.58. The van der Waals surface area contributed by atoms with Gasteiger partial charge in [0.1, 0.15) is 5.75 Å². The molecule has 1 unspecified atom stereocenters. The van der Waals surface area contributed by atoms with Crippen LogP contribution >= 0.6 is 0 Å². The Labute approximate surface area is 138 Å². The zero-order chi connectivity index (χ0) is 16.3. The molecule has 1 saturated heterocycles. The largest absolute Gasteiger partial charge is 0.496 e. The molecule has 1 amide bonds. The number of carbonyl (C=O) groups excluding carboxylic acids is 1. The van der Waals surface area contributed by atoms with Crippen LogP contribution in [0.4, 0.5) is 0 Å². The molecular weight excluding hydrogens is 290 g/mol. The number of likely N-dealkylation sites (tertiary alicyclic amines) is 1. The Hall–Kier alpha value is -1.59. The van der Waals surface area contributed by atoms with Crippen LogP contribution in [0.25, 0.3) is 0 Å². The summed E-state index contributed by atoms with van der Waals surface area (Å²) in [5.74, 6) is 0.862. The van der Waals surface area contributed by atoms with Gasteiger partial charge < -0.3 is 15.8 Å². The summed E-state index contributed by atoms with van der Waals surface area (Å²) >= 11 is 0. The Morgan fingerprint density at radius 1 is 1.30 bits per heavy atom. The third-order valence-corrected chi connectivity index (χ3v) is 5.03. The molecule has 3 N–H and O–H groups in total. The predicted molar refractivity (Wildman–Crippen MR) is 90.3 cm³/mol. The van der Waals surface area contributed by atoms with Crippen LogP contribution in [0.3, 0.4) is 0 Å². The number of nitrogens with zero attached hydrogens (tertiary/aromatic N) is 1. The fourth-order valence-corrected chi connectivity index (χ4v) is 3.33. The summed E-state index contributed by atoms with van der Waals surface area (Å²) in [6, 6.07) is 8.23.